The third-order valence-electron chi connectivity index (χ3n) is 3.23. The summed E-state index contributed by atoms with van der Waals surface area (Å²) in [6.07, 6.45) is 3.49. The fourth-order valence-corrected chi connectivity index (χ4v) is 1.90. The molecule has 1 aromatic rings. The second kappa shape index (κ2) is 6.71. The summed E-state index contributed by atoms with van der Waals surface area (Å²) >= 11 is 0. The molecule has 0 bridgehead atoms. The molecule has 1 aromatic heterocycles. The Bertz CT molecular complexity index is 313. The monoisotopic (exact) mass is 241 g/mol. The van der Waals surface area contributed by atoms with E-state index in [0.717, 1.165) is 32.2 Å². The quantitative estimate of drug-likeness (QED) is 0.704. The lowest BCUT2D eigenvalue weighted by Crippen LogP contribution is -2.28. The molecule has 5 heteroatoms. The first-order chi connectivity index (χ1) is 8.22. The SMILES string of the molecule is CCC(CC)(OC)c1noc(CCCNC)n1. The average molecular weight is 241 g/mol. The van der Waals surface area contributed by atoms with Crippen molar-refractivity contribution in [1.29, 1.82) is 0 Å². The van der Waals surface area contributed by atoms with Gasteiger partial charge in [0.05, 0.1) is 0 Å². The highest BCUT2D eigenvalue weighted by molar-refractivity contribution is 5.01. The van der Waals surface area contributed by atoms with E-state index in [9.17, 15) is 0 Å². The zero-order chi connectivity index (χ0) is 12.7. The molecule has 0 aliphatic heterocycles. The van der Waals surface area contributed by atoms with Crippen molar-refractivity contribution in [1.82, 2.24) is 15.5 Å². The largest absolute Gasteiger partial charge is 0.370 e. The van der Waals surface area contributed by atoms with Crippen LogP contribution >= 0.6 is 0 Å². The predicted octanol–water partition coefficient (Wildman–Crippen LogP) is 1.88. The third kappa shape index (κ3) is 3.26. The molecular weight excluding hydrogens is 218 g/mol. The topological polar surface area (TPSA) is 60.2 Å². The van der Waals surface area contributed by atoms with Gasteiger partial charge in [0, 0.05) is 13.5 Å². The van der Waals surface area contributed by atoms with E-state index in [1.807, 2.05) is 7.05 Å². The van der Waals surface area contributed by atoms with Crippen molar-refractivity contribution in [2.75, 3.05) is 20.7 Å². The van der Waals surface area contributed by atoms with Crippen molar-refractivity contribution in [3.8, 4) is 0 Å². The first kappa shape index (κ1) is 14.1. The molecule has 0 saturated carbocycles. The van der Waals surface area contributed by atoms with Gasteiger partial charge in [-0.15, -0.1) is 0 Å². The van der Waals surface area contributed by atoms with Crippen LogP contribution in [0.1, 0.15) is 44.8 Å². The fraction of sp³-hybridized carbons (Fsp3) is 0.833. The molecule has 0 atom stereocenters. The molecule has 0 radical (unpaired) electrons. The molecular formula is C12H23N3O2. The minimum absolute atomic E-state index is 0.398. The molecule has 17 heavy (non-hydrogen) atoms. The van der Waals surface area contributed by atoms with Crippen molar-refractivity contribution in [2.24, 2.45) is 0 Å². The Morgan fingerprint density at radius 3 is 2.59 bits per heavy atom. The molecule has 0 spiro atoms. The average Bonchev–Trinajstić information content (AvgIpc) is 2.82. The van der Waals surface area contributed by atoms with E-state index in [2.05, 4.69) is 29.3 Å². The van der Waals surface area contributed by atoms with Crippen LogP contribution in [0.4, 0.5) is 0 Å². The van der Waals surface area contributed by atoms with Gasteiger partial charge in [-0.2, -0.15) is 4.98 Å². The molecule has 0 amide bonds. The van der Waals surface area contributed by atoms with Gasteiger partial charge in [0.1, 0.15) is 5.60 Å². The van der Waals surface area contributed by atoms with E-state index >= 15 is 0 Å². The van der Waals surface area contributed by atoms with Crippen LogP contribution in [0.5, 0.6) is 0 Å². The number of ether oxygens (including phenoxy) is 1. The maximum absolute atomic E-state index is 5.56. The Morgan fingerprint density at radius 2 is 2.06 bits per heavy atom. The van der Waals surface area contributed by atoms with Crippen molar-refractivity contribution >= 4 is 0 Å². The lowest BCUT2D eigenvalue weighted by Gasteiger charge is -2.25. The summed E-state index contributed by atoms with van der Waals surface area (Å²) in [6, 6.07) is 0. The maximum Gasteiger partial charge on any atom is 0.226 e. The number of rotatable bonds is 8. The lowest BCUT2D eigenvalue weighted by molar-refractivity contribution is -0.0306. The number of hydrogen-bond donors (Lipinski definition) is 1. The summed E-state index contributed by atoms with van der Waals surface area (Å²) in [4.78, 5) is 4.44. The Hall–Kier alpha value is -0.940. The van der Waals surface area contributed by atoms with Crippen molar-refractivity contribution in [2.45, 2.75) is 45.1 Å². The van der Waals surface area contributed by atoms with Gasteiger partial charge in [0.15, 0.2) is 0 Å². The van der Waals surface area contributed by atoms with Gasteiger partial charge in [-0.25, -0.2) is 0 Å². The summed E-state index contributed by atoms with van der Waals surface area (Å²) in [6.45, 7) is 5.10. The molecule has 0 aliphatic carbocycles. The molecule has 1 N–H and O–H groups in total. The minimum atomic E-state index is -0.398. The van der Waals surface area contributed by atoms with Gasteiger partial charge in [-0.05, 0) is 32.9 Å². The molecule has 0 aliphatic rings. The molecule has 1 rings (SSSR count). The van der Waals surface area contributed by atoms with Crippen LogP contribution in [-0.4, -0.2) is 30.8 Å². The van der Waals surface area contributed by atoms with E-state index in [4.69, 9.17) is 9.26 Å². The zero-order valence-electron chi connectivity index (χ0n) is 11.2. The van der Waals surface area contributed by atoms with Crippen molar-refractivity contribution in [3.05, 3.63) is 11.7 Å². The Labute approximate surface area is 103 Å². The van der Waals surface area contributed by atoms with Crippen LogP contribution in [0.2, 0.25) is 0 Å². The third-order valence-corrected chi connectivity index (χ3v) is 3.23. The molecule has 5 nitrogen and oxygen atoms in total. The van der Waals surface area contributed by atoms with Crippen LogP contribution in [-0.2, 0) is 16.8 Å². The van der Waals surface area contributed by atoms with Gasteiger partial charge < -0.3 is 14.6 Å². The zero-order valence-corrected chi connectivity index (χ0v) is 11.2. The van der Waals surface area contributed by atoms with Gasteiger partial charge in [0.25, 0.3) is 0 Å². The number of methoxy groups -OCH3 is 1. The minimum Gasteiger partial charge on any atom is -0.370 e. The predicted molar refractivity (Wildman–Crippen MR) is 65.8 cm³/mol. The molecule has 0 unspecified atom stereocenters. The molecule has 0 aromatic carbocycles. The molecule has 98 valence electrons. The van der Waals surface area contributed by atoms with E-state index in [1.54, 1.807) is 7.11 Å². The standard InChI is InChI=1S/C12H23N3O2/c1-5-12(6-2,16-4)11-14-10(17-15-11)8-7-9-13-3/h13H,5-9H2,1-4H3. The van der Waals surface area contributed by atoms with Gasteiger partial charge in [0.2, 0.25) is 11.7 Å². The highest BCUT2D eigenvalue weighted by atomic mass is 16.5. The lowest BCUT2D eigenvalue weighted by atomic mass is 9.96. The number of aromatic nitrogens is 2. The molecule has 0 saturated heterocycles. The number of hydrogen-bond acceptors (Lipinski definition) is 5. The van der Waals surface area contributed by atoms with Crippen LogP contribution in [0, 0.1) is 0 Å². The van der Waals surface area contributed by atoms with Gasteiger partial charge in [-0.3, -0.25) is 0 Å². The molecule has 0 fully saturated rings. The smallest absolute Gasteiger partial charge is 0.226 e. The van der Waals surface area contributed by atoms with Gasteiger partial charge in [-0.1, -0.05) is 19.0 Å². The van der Waals surface area contributed by atoms with Crippen molar-refractivity contribution < 1.29 is 9.26 Å². The summed E-state index contributed by atoms with van der Waals surface area (Å²) in [5.74, 6) is 1.36. The molecule has 1 heterocycles. The Kier molecular flexibility index (Phi) is 5.58. The first-order valence-electron chi connectivity index (χ1n) is 6.25. The summed E-state index contributed by atoms with van der Waals surface area (Å²) < 4.78 is 10.8. The van der Waals surface area contributed by atoms with Crippen LogP contribution in [0.25, 0.3) is 0 Å². The van der Waals surface area contributed by atoms with Crippen molar-refractivity contribution in [3.63, 3.8) is 0 Å². The summed E-state index contributed by atoms with van der Waals surface area (Å²) in [7, 11) is 3.63. The number of aryl methyl sites for hydroxylation is 1. The van der Waals surface area contributed by atoms with E-state index in [-0.39, 0.29) is 0 Å². The second-order valence-electron chi connectivity index (χ2n) is 4.12. The second-order valence-corrected chi connectivity index (χ2v) is 4.12. The number of nitrogens with one attached hydrogen (secondary N) is 1. The highest BCUT2D eigenvalue weighted by Gasteiger charge is 2.33. The van der Waals surface area contributed by atoms with Gasteiger partial charge >= 0.3 is 0 Å². The Morgan fingerprint density at radius 1 is 1.35 bits per heavy atom. The van der Waals surface area contributed by atoms with Crippen LogP contribution in [0.3, 0.4) is 0 Å². The number of nitrogens with zero attached hydrogens (tertiary/aromatic N) is 2. The van der Waals surface area contributed by atoms with E-state index in [0.29, 0.717) is 11.7 Å². The fourth-order valence-electron chi connectivity index (χ4n) is 1.90. The summed E-state index contributed by atoms with van der Waals surface area (Å²) in [5, 5.41) is 7.14. The van der Waals surface area contributed by atoms with E-state index in [1.165, 1.54) is 0 Å². The highest BCUT2D eigenvalue weighted by Crippen LogP contribution is 2.30. The Balaban J connectivity index is 2.71. The first-order valence-corrected chi connectivity index (χ1v) is 6.25. The summed E-state index contributed by atoms with van der Waals surface area (Å²) in [5.41, 5.74) is -0.398. The van der Waals surface area contributed by atoms with Crippen LogP contribution in [0.15, 0.2) is 4.52 Å². The van der Waals surface area contributed by atoms with E-state index < -0.39 is 5.60 Å². The maximum atomic E-state index is 5.56. The normalized spacial score (nSPS) is 12.0. The van der Waals surface area contributed by atoms with Crippen LogP contribution < -0.4 is 5.32 Å².